The minimum absolute atomic E-state index is 0.139. The van der Waals surface area contributed by atoms with Crippen LogP contribution in [0.5, 0.6) is 11.5 Å². The molecule has 1 N–H and O–H groups in total. The van der Waals surface area contributed by atoms with Crippen LogP contribution in [0, 0.1) is 0 Å². The van der Waals surface area contributed by atoms with Gasteiger partial charge in [-0.1, -0.05) is 0 Å². The van der Waals surface area contributed by atoms with E-state index in [1.165, 1.54) is 20.4 Å². The average molecular weight is 316 g/mol. The first-order valence-corrected chi connectivity index (χ1v) is 6.35. The molecule has 2 rings (SSSR count). The number of halogens is 3. The van der Waals surface area contributed by atoms with Gasteiger partial charge in [-0.2, -0.15) is 18.3 Å². The van der Waals surface area contributed by atoms with Gasteiger partial charge in [0.2, 0.25) is 0 Å². The number of benzene rings is 1. The molecule has 0 bridgehead atoms. The first-order chi connectivity index (χ1) is 10.3. The lowest BCUT2D eigenvalue weighted by Crippen LogP contribution is -2.13. The molecular formula is C14H15F3N2O3. The molecule has 120 valence electrons. The summed E-state index contributed by atoms with van der Waals surface area (Å²) in [7, 11) is 2.91. The van der Waals surface area contributed by atoms with Gasteiger partial charge in [0.05, 0.1) is 20.8 Å². The highest BCUT2D eigenvalue weighted by Crippen LogP contribution is 2.31. The lowest BCUT2D eigenvalue weighted by molar-refractivity contribution is -0.141. The Kier molecular flexibility index (Phi) is 4.60. The van der Waals surface area contributed by atoms with Crippen LogP contribution in [0.1, 0.15) is 17.4 Å². The average Bonchev–Trinajstić information content (AvgIpc) is 2.95. The molecule has 2 aromatic rings. The molecular weight excluding hydrogens is 301 g/mol. The number of aliphatic hydroxyl groups is 1. The van der Waals surface area contributed by atoms with E-state index in [0.29, 0.717) is 17.1 Å². The van der Waals surface area contributed by atoms with Crippen molar-refractivity contribution in [3.8, 4) is 11.5 Å². The quantitative estimate of drug-likeness (QED) is 0.921. The second kappa shape index (κ2) is 6.27. The number of nitrogens with zero attached hydrogens (tertiary/aromatic N) is 2. The van der Waals surface area contributed by atoms with Crippen LogP contribution in [0.2, 0.25) is 0 Å². The monoisotopic (exact) mass is 316 g/mol. The maximum atomic E-state index is 12.5. The third kappa shape index (κ3) is 3.51. The van der Waals surface area contributed by atoms with Crippen molar-refractivity contribution in [1.82, 2.24) is 9.78 Å². The molecule has 1 heterocycles. The summed E-state index contributed by atoms with van der Waals surface area (Å²) >= 11 is 0. The highest BCUT2D eigenvalue weighted by Gasteiger charge is 2.33. The van der Waals surface area contributed by atoms with E-state index in [9.17, 15) is 18.3 Å². The first-order valence-electron chi connectivity index (χ1n) is 6.35. The molecule has 0 fully saturated rings. The van der Waals surface area contributed by atoms with Gasteiger partial charge in [-0.05, 0) is 24.3 Å². The Balaban J connectivity index is 2.21. The molecule has 8 heteroatoms. The zero-order valence-corrected chi connectivity index (χ0v) is 12.0. The molecule has 0 saturated carbocycles. The molecule has 0 aliphatic rings. The van der Waals surface area contributed by atoms with Crippen molar-refractivity contribution in [2.75, 3.05) is 14.2 Å². The van der Waals surface area contributed by atoms with E-state index in [1.54, 1.807) is 18.2 Å². The number of ether oxygens (including phenoxy) is 2. The van der Waals surface area contributed by atoms with Gasteiger partial charge in [0.15, 0.2) is 5.69 Å². The van der Waals surface area contributed by atoms with Crippen LogP contribution in [-0.2, 0) is 12.7 Å². The normalized spacial score (nSPS) is 13.0. The number of aliphatic hydroxyl groups excluding tert-OH is 1. The lowest BCUT2D eigenvalue weighted by atomic mass is 10.1. The molecule has 0 saturated heterocycles. The Hall–Kier alpha value is -2.22. The fraction of sp³-hybridized carbons (Fsp3) is 0.357. The van der Waals surface area contributed by atoms with E-state index in [-0.39, 0.29) is 6.54 Å². The SMILES string of the molecule is COc1ccc(OC)c(C(O)Cn2ccc(C(F)(F)F)n2)c1. The third-order valence-electron chi connectivity index (χ3n) is 3.09. The fourth-order valence-corrected chi connectivity index (χ4v) is 1.99. The van der Waals surface area contributed by atoms with Gasteiger partial charge in [-0.25, -0.2) is 0 Å². The zero-order valence-electron chi connectivity index (χ0n) is 12.0. The van der Waals surface area contributed by atoms with Gasteiger partial charge in [-0.15, -0.1) is 0 Å². The molecule has 22 heavy (non-hydrogen) atoms. The summed E-state index contributed by atoms with van der Waals surface area (Å²) in [6.07, 6.45) is -4.44. The Bertz CT molecular complexity index is 641. The molecule has 1 unspecified atom stereocenters. The van der Waals surface area contributed by atoms with Gasteiger partial charge in [0, 0.05) is 11.8 Å². The van der Waals surface area contributed by atoms with E-state index < -0.39 is 18.0 Å². The molecule has 0 aliphatic heterocycles. The van der Waals surface area contributed by atoms with E-state index >= 15 is 0 Å². The van der Waals surface area contributed by atoms with Crippen molar-refractivity contribution in [2.24, 2.45) is 0 Å². The number of hydrogen-bond acceptors (Lipinski definition) is 4. The number of methoxy groups -OCH3 is 2. The summed E-state index contributed by atoms with van der Waals surface area (Å²) in [4.78, 5) is 0. The highest BCUT2D eigenvalue weighted by molar-refractivity contribution is 5.41. The lowest BCUT2D eigenvalue weighted by Gasteiger charge is -2.16. The van der Waals surface area contributed by atoms with Gasteiger partial charge < -0.3 is 14.6 Å². The van der Waals surface area contributed by atoms with Crippen molar-refractivity contribution in [1.29, 1.82) is 0 Å². The Morgan fingerprint density at radius 1 is 1.23 bits per heavy atom. The predicted octanol–water partition coefficient (Wildman–Crippen LogP) is 2.65. The minimum Gasteiger partial charge on any atom is -0.497 e. The van der Waals surface area contributed by atoms with Crippen LogP contribution >= 0.6 is 0 Å². The van der Waals surface area contributed by atoms with Crippen LogP contribution in [0.3, 0.4) is 0 Å². The van der Waals surface area contributed by atoms with E-state index in [2.05, 4.69) is 5.10 Å². The maximum absolute atomic E-state index is 12.5. The Labute approximate surface area is 124 Å². The first kappa shape index (κ1) is 16.2. The van der Waals surface area contributed by atoms with E-state index in [0.717, 1.165) is 10.7 Å². The molecule has 0 aliphatic carbocycles. The molecule has 1 atom stereocenters. The van der Waals surface area contributed by atoms with Crippen LogP contribution in [0.4, 0.5) is 13.2 Å². The number of hydrogen-bond donors (Lipinski definition) is 1. The summed E-state index contributed by atoms with van der Waals surface area (Å²) in [5, 5.41) is 13.6. The zero-order chi connectivity index (χ0) is 16.3. The summed E-state index contributed by atoms with van der Waals surface area (Å²) in [6, 6.07) is 5.69. The number of aromatic nitrogens is 2. The summed E-state index contributed by atoms with van der Waals surface area (Å²) in [5.41, 5.74) is -0.594. The molecule has 0 radical (unpaired) electrons. The van der Waals surface area contributed by atoms with Crippen molar-refractivity contribution >= 4 is 0 Å². The number of alkyl halides is 3. The molecule has 0 amide bonds. The minimum atomic E-state index is -4.51. The van der Waals surface area contributed by atoms with Gasteiger partial charge in [0.1, 0.15) is 17.6 Å². The smallest absolute Gasteiger partial charge is 0.435 e. The van der Waals surface area contributed by atoms with E-state index in [1.807, 2.05) is 0 Å². The van der Waals surface area contributed by atoms with Crippen LogP contribution in [0.15, 0.2) is 30.5 Å². The summed E-state index contributed by atoms with van der Waals surface area (Å²) in [6.45, 7) is -0.139. The fourth-order valence-electron chi connectivity index (χ4n) is 1.99. The maximum Gasteiger partial charge on any atom is 0.435 e. The molecule has 1 aromatic carbocycles. The summed E-state index contributed by atoms with van der Waals surface area (Å²) in [5.74, 6) is 0.919. The molecule has 0 spiro atoms. The Morgan fingerprint density at radius 3 is 2.50 bits per heavy atom. The van der Waals surface area contributed by atoms with Crippen molar-refractivity contribution < 1.29 is 27.8 Å². The van der Waals surface area contributed by atoms with Crippen LogP contribution in [-0.4, -0.2) is 29.1 Å². The largest absolute Gasteiger partial charge is 0.497 e. The number of rotatable bonds is 5. The standard InChI is InChI=1S/C14H15F3N2O3/c1-21-9-3-4-12(22-2)10(7-9)11(20)8-19-6-5-13(18-19)14(15,16)17/h3-7,11,20H,8H2,1-2H3. The summed E-state index contributed by atoms with van der Waals surface area (Å²) < 4.78 is 48.8. The second-order valence-corrected chi connectivity index (χ2v) is 4.54. The molecule has 5 nitrogen and oxygen atoms in total. The highest BCUT2D eigenvalue weighted by atomic mass is 19.4. The van der Waals surface area contributed by atoms with E-state index in [4.69, 9.17) is 9.47 Å². The van der Waals surface area contributed by atoms with Crippen LogP contribution < -0.4 is 9.47 Å². The van der Waals surface area contributed by atoms with Gasteiger partial charge in [-0.3, -0.25) is 4.68 Å². The topological polar surface area (TPSA) is 56.5 Å². The van der Waals surface area contributed by atoms with Gasteiger partial charge >= 0.3 is 6.18 Å². The van der Waals surface area contributed by atoms with Crippen molar-refractivity contribution in [3.63, 3.8) is 0 Å². The molecule has 1 aromatic heterocycles. The second-order valence-electron chi connectivity index (χ2n) is 4.54. The predicted molar refractivity (Wildman–Crippen MR) is 71.7 cm³/mol. The third-order valence-corrected chi connectivity index (χ3v) is 3.09. The van der Waals surface area contributed by atoms with Crippen LogP contribution in [0.25, 0.3) is 0 Å². The van der Waals surface area contributed by atoms with Gasteiger partial charge in [0.25, 0.3) is 0 Å². The van der Waals surface area contributed by atoms with Crippen molar-refractivity contribution in [2.45, 2.75) is 18.8 Å². The van der Waals surface area contributed by atoms with Crippen molar-refractivity contribution in [3.05, 3.63) is 41.7 Å². The Morgan fingerprint density at radius 2 is 1.95 bits per heavy atom.